The van der Waals surface area contributed by atoms with Gasteiger partial charge in [0.1, 0.15) is 0 Å². The molecule has 144 valence electrons. The maximum absolute atomic E-state index is 13.2. The van der Waals surface area contributed by atoms with Gasteiger partial charge in [-0.1, -0.05) is 6.92 Å². The van der Waals surface area contributed by atoms with Crippen LogP contribution in [0.2, 0.25) is 0 Å². The summed E-state index contributed by atoms with van der Waals surface area (Å²) in [7, 11) is 2.21. The first-order valence-electron chi connectivity index (χ1n) is 10.5. The molecule has 1 N–H and O–H groups in total. The standard InChI is InChI=1S/C20H38N4O/c1-17-5-13-23(14-6-17)16-20(25)24(19-3-9-21-10-4-19)15-18-7-11-22(2)12-8-18/h17-19,21H,3-16H2,1-2H3. The summed E-state index contributed by atoms with van der Waals surface area (Å²) in [6.45, 7) is 10.6. The van der Waals surface area contributed by atoms with Crippen LogP contribution >= 0.6 is 0 Å². The molecular formula is C20H38N4O. The molecule has 0 radical (unpaired) electrons. The van der Waals surface area contributed by atoms with Crippen molar-refractivity contribution < 1.29 is 4.79 Å². The number of amides is 1. The van der Waals surface area contributed by atoms with Gasteiger partial charge in [0, 0.05) is 12.6 Å². The molecule has 5 heteroatoms. The minimum Gasteiger partial charge on any atom is -0.338 e. The lowest BCUT2D eigenvalue weighted by Crippen LogP contribution is -2.52. The first-order valence-corrected chi connectivity index (χ1v) is 10.5. The van der Waals surface area contributed by atoms with E-state index in [0.717, 1.165) is 51.5 Å². The van der Waals surface area contributed by atoms with Crippen LogP contribution in [0.5, 0.6) is 0 Å². The third kappa shape index (κ3) is 5.66. The number of carbonyl (C=O) groups is 1. The SMILES string of the molecule is CC1CCN(CC(=O)N(CC2CCN(C)CC2)C2CCNCC2)CC1. The fourth-order valence-electron chi connectivity index (χ4n) is 4.60. The highest BCUT2D eigenvalue weighted by Crippen LogP contribution is 2.22. The van der Waals surface area contributed by atoms with Gasteiger partial charge in [-0.15, -0.1) is 0 Å². The van der Waals surface area contributed by atoms with Crippen LogP contribution in [0.1, 0.15) is 45.4 Å². The molecule has 3 saturated heterocycles. The third-order valence-corrected chi connectivity index (χ3v) is 6.60. The van der Waals surface area contributed by atoms with Gasteiger partial charge in [0.05, 0.1) is 6.54 Å². The molecule has 3 aliphatic heterocycles. The topological polar surface area (TPSA) is 38.8 Å². The largest absolute Gasteiger partial charge is 0.338 e. The summed E-state index contributed by atoms with van der Waals surface area (Å²) in [5.74, 6) is 1.91. The minimum atomic E-state index is 0.389. The Morgan fingerprint density at radius 2 is 1.64 bits per heavy atom. The number of rotatable bonds is 5. The smallest absolute Gasteiger partial charge is 0.237 e. The van der Waals surface area contributed by atoms with Crippen molar-refractivity contribution in [2.75, 3.05) is 59.4 Å². The Morgan fingerprint density at radius 3 is 2.28 bits per heavy atom. The molecule has 0 unspecified atom stereocenters. The monoisotopic (exact) mass is 350 g/mol. The number of hydrogen-bond acceptors (Lipinski definition) is 4. The van der Waals surface area contributed by atoms with E-state index in [4.69, 9.17) is 0 Å². The third-order valence-electron chi connectivity index (χ3n) is 6.60. The van der Waals surface area contributed by atoms with Crippen LogP contribution in [0.4, 0.5) is 0 Å². The van der Waals surface area contributed by atoms with Crippen molar-refractivity contribution >= 4 is 5.91 Å². The Hall–Kier alpha value is -0.650. The average Bonchev–Trinajstić information content (AvgIpc) is 2.64. The Morgan fingerprint density at radius 1 is 1.00 bits per heavy atom. The van der Waals surface area contributed by atoms with E-state index in [1.54, 1.807) is 0 Å². The lowest BCUT2D eigenvalue weighted by molar-refractivity contribution is -0.136. The number of likely N-dealkylation sites (tertiary alicyclic amines) is 2. The van der Waals surface area contributed by atoms with Crippen molar-refractivity contribution in [2.24, 2.45) is 11.8 Å². The Bertz CT molecular complexity index is 408. The summed E-state index contributed by atoms with van der Waals surface area (Å²) in [4.78, 5) is 20.3. The summed E-state index contributed by atoms with van der Waals surface area (Å²) < 4.78 is 0. The first kappa shape index (κ1) is 19.1. The number of nitrogens with zero attached hydrogens (tertiary/aromatic N) is 3. The van der Waals surface area contributed by atoms with Crippen LogP contribution in [0, 0.1) is 11.8 Å². The van der Waals surface area contributed by atoms with E-state index in [0.29, 0.717) is 24.4 Å². The van der Waals surface area contributed by atoms with Crippen LogP contribution in [-0.4, -0.2) is 86.1 Å². The van der Waals surface area contributed by atoms with Gasteiger partial charge >= 0.3 is 0 Å². The zero-order valence-electron chi connectivity index (χ0n) is 16.4. The molecule has 3 heterocycles. The summed E-state index contributed by atoms with van der Waals surface area (Å²) in [6.07, 6.45) is 7.22. The number of nitrogens with one attached hydrogen (secondary N) is 1. The van der Waals surface area contributed by atoms with Crippen molar-refractivity contribution in [1.29, 1.82) is 0 Å². The lowest BCUT2D eigenvalue weighted by atomic mass is 9.94. The van der Waals surface area contributed by atoms with Gasteiger partial charge in [0.15, 0.2) is 0 Å². The predicted molar refractivity (Wildman–Crippen MR) is 103 cm³/mol. The van der Waals surface area contributed by atoms with Gasteiger partial charge in [0.25, 0.3) is 0 Å². The van der Waals surface area contributed by atoms with E-state index in [9.17, 15) is 4.79 Å². The molecular weight excluding hydrogens is 312 g/mol. The summed E-state index contributed by atoms with van der Waals surface area (Å²) in [6, 6.07) is 0.456. The van der Waals surface area contributed by atoms with E-state index in [-0.39, 0.29) is 0 Å². The molecule has 25 heavy (non-hydrogen) atoms. The van der Waals surface area contributed by atoms with Gasteiger partial charge in [-0.25, -0.2) is 0 Å². The number of carbonyl (C=O) groups excluding carboxylic acids is 1. The highest BCUT2D eigenvalue weighted by atomic mass is 16.2. The maximum Gasteiger partial charge on any atom is 0.237 e. The highest BCUT2D eigenvalue weighted by molar-refractivity contribution is 5.78. The second kappa shape index (κ2) is 9.33. The van der Waals surface area contributed by atoms with Crippen molar-refractivity contribution in [3.8, 4) is 0 Å². The fraction of sp³-hybridized carbons (Fsp3) is 0.950. The molecule has 0 aromatic carbocycles. The predicted octanol–water partition coefficient (Wildman–Crippen LogP) is 1.64. The molecule has 0 aliphatic carbocycles. The van der Waals surface area contributed by atoms with Crippen LogP contribution in [0.3, 0.4) is 0 Å². The first-order chi connectivity index (χ1) is 12.1. The van der Waals surface area contributed by atoms with E-state index < -0.39 is 0 Å². The van der Waals surface area contributed by atoms with Crippen LogP contribution < -0.4 is 5.32 Å². The molecule has 0 saturated carbocycles. The average molecular weight is 351 g/mol. The van der Waals surface area contributed by atoms with E-state index in [2.05, 4.69) is 34.0 Å². The zero-order valence-corrected chi connectivity index (χ0v) is 16.4. The van der Waals surface area contributed by atoms with E-state index >= 15 is 0 Å². The van der Waals surface area contributed by atoms with Crippen molar-refractivity contribution in [3.63, 3.8) is 0 Å². The zero-order chi connectivity index (χ0) is 17.6. The molecule has 5 nitrogen and oxygen atoms in total. The quantitative estimate of drug-likeness (QED) is 0.818. The lowest BCUT2D eigenvalue weighted by Gasteiger charge is -2.40. The van der Waals surface area contributed by atoms with Gasteiger partial charge in [-0.05, 0) is 96.7 Å². The second-order valence-electron chi connectivity index (χ2n) is 8.73. The molecule has 0 bridgehead atoms. The molecule has 1 amide bonds. The Labute approximate surface area is 154 Å². The number of piperidine rings is 3. The Kier molecular flexibility index (Phi) is 7.14. The number of hydrogen-bond donors (Lipinski definition) is 1. The van der Waals surface area contributed by atoms with E-state index in [1.165, 1.54) is 38.8 Å². The van der Waals surface area contributed by atoms with Crippen LogP contribution in [-0.2, 0) is 4.79 Å². The van der Waals surface area contributed by atoms with Crippen molar-refractivity contribution in [3.05, 3.63) is 0 Å². The van der Waals surface area contributed by atoms with Crippen molar-refractivity contribution in [2.45, 2.75) is 51.5 Å². The molecule has 0 atom stereocenters. The summed E-state index contributed by atoms with van der Waals surface area (Å²) in [5, 5.41) is 3.45. The van der Waals surface area contributed by atoms with Crippen molar-refractivity contribution in [1.82, 2.24) is 20.0 Å². The summed E-state index contributed by atoms with van der Waals surface area (Å²) >= 11 is 0. The highest BCUT2D eigenvalue weighted by Gasteiger charge is 2.30. The molecule has 0 spiro atoms. The molecule has 0 aromatic heterocycles. The maximum atomic E-state index is 13.2. The van der Waals surface area contributed by atoms with Gasteiger partial charge in [-0.2, -0.15) is 0 Å². The van der Waals surface area contributed by atoms with Gasteiger partial charge in [-0.3, -0.25) is 9.69 Å². The van der Waals surface area contributed by atoms with Gasteiger partial charge in [0.2, 0.25) is 5.91 Å². The molecule has 3 aliphatic rings. The van der Waals surface area contributed by atoms with Crippen LogP contribution in [0.15, 0.2) is 0 Å². The molecule has 0 aromatic rings. The summed E-state index contributed by atoms with van der Waals surface area (Å²) in [5.41, 5.74) is 0. The van der Waals surface area contributed by atoms with E-state index in [1.807, 2.05) is 0 Å². The Balaban J connectivity index is 1.57. The second-order valence-corrected chi connectivity index (χ2v) is 8.73. The molecule has 3 rings (SSSR count). The molecule has 3 fully saturated rings. The van der Waals surface area contributed by atoms with Crippen LogP contribution in [0.25, 0.3) is 0 Å². The van der Waals surface area contributed by atoms with Gasteiger partial charge < -0.3 is 15.1 Å². The fourth-order valence-corrected chi connectivity index (χ4v) is 4.60. The minimum absolute atomic E-state index is 0.389. The normalized spacial score (nSPS) is 26.0.